The van der Waals surface area contributed by atoms with Gasteiger partial charge in [-0.25, -0.2) is 4.39 Å². The van der Waals surface area contributed by atoms with Crippen LogP contribution in [0, 0.1) is 5.82 Å². The van der Waals surface area contributed by atoms with Gasteiger partial charge in [0.2, 0.25) is 0 Å². The number of fused-ring (bicyclic) bond motifs is 1. The van der Waals surface area contributed by atoms with Crippen LogP contribution in [0.1, 0.15) is 39.1 Å². The normalized spacial score (nSPS) is 16.0. The van der Waals surface area contributed by atoms with Crippen molar-refractivity contribution in [1.82, 2.24) is 5.32 Å². The molecule has 2 aromatic rings. The highest BCUT2D eigenvalue weighted by atomic mass is 19.1. The van der Waals surface area contributed by atoms with E-state index in [0.29, 0.717) is 30.1 Å². The van der Waals surface area contributed by atoms with Crippen molar-refractivity contribution < 1.29 is 14.0 Å². The molecule has 1 aliphatic heterocycles. The van der Waals surface area contributed by atoms with Crippen LogP contribution < -0.4 is 10.2 Å². The van der Waals surface area contributed by atoms with Gasteiger partial charge in [-0.2, -0.15) is 0 Å². The second kappa shape index (κ2) is 5.74. The minimum absolute atomic E-state index is 0.0644. The van der Waals surface area contributed by atoms with Gasteiger partial charge in [0.05, 0.1) is 0 Å². The molecule has 0 saturated heterocycles. The van der Waals surface area contributed by atoms with Gasteiger partial charge in [0, 0.05) is 29.4 Å². The molecule has 0 unspecified atom stereocenters. The van der Waals surface area contributed by atoms with Crippen LogP contribution in [0.5, 0.6) is 0 Å². The Morgan fingerprint density at radius 3 is 2.54 bits per heavy atom. The zero-order chi connectivity index (χ0) is 16.7. The molecule has 0 aromatic heterocycles. The van der Waals surface area contributed by atoms with Crippen LogP contribution in [0.15, 0.2) is 42.5 Å². The Labute approximate surface area is 139 Å². The van der Waals surface area contributed by atoms with E-state index >= 15 is 0 Å². The highest BCUT2D eigenvalue weighted by Gasteiger charge is 2.30. The molecule has 2 aliphatic rings. The van der Waals surface area contributed by atoms with E-state index in [4.69, 9.17) is 0 Å². The average Bonchev–Trinajstić information content (AvgIpc) is 3.29. The van der Waals surface area contributed by atoms with Gasteiger partial charge in [0.25, 0.3) is 11.8 Å². The fourth-order valence-electron chi connectivity index (χ4n) is 3.10. The highest BCUT2D eigenvalue weighted by Crippen LogP contribution is 2.32. The fraction of sp³-hybridized carbons (Fsp3) is 0.263. The Bertz CT molecular complexity index is 813. The summed E-state index contributed by atoms with van der Waals surface area (Å²) in [4.78, 5) is 26.7. The van der Waals surface area contributed by atoms with Crippen LogP contribution in [-0.2, 0) is 6.42 Å². The molecular formula is C19H17FN2O2. The number of nitrogens with zero attached hydrogens (tertiary/aromatic N) is 1. The molecule has 2 aromatic carbocycles. The van der Waals surface area contributed by atoms with Crippen molar-refractivity contribution >= 4 is 17.5 Å². The molecule has 1 heterocycles. The van der Waals surface area contributed by atoms with Gasteiger partial charge in [-0.3, -0.25) is 9.59 Å². The van der Waals surface area contributed by atoms with Gasteiger partial charge >= 0.3 is 0 Å². The van der Waals surface area contributed by atoms with Crippen LogP contribution in [0.3, 0.4) is 0 Å². The molecule has 0 radical (unpaired) electrons. The summed E-state index contributed by atoms with van der Waals surface area (Å²) in [6, 6.07) is 11.3. The molecule has 1 saturated carbocycles. The van der Waals surface area contributed by atoms with E-state index in [0.717, 1.165) is 24.1 Å². The van der Waals surface area contributed by atoms with Crippen molar-refractivity contribution in [1.29, 1.82) is 0 Å². The van der Waals surface area contributed by atoms with Crippen molar-refractivity contribution in [3.63, 3.8) is 0 Å². The van der Waals surface area contributed by atoms with Crippen molar-refractivity contribution in [2.45, 2.75) is 25.3 Å². The lowest BCUT2D eigenvalue weighted by atomic mass is 10.0. The van der Waals surface area contributed by atoms with Gasteiger partial charge in [0.15, 0.2) is 0 Å². The second-order valence-electron chi connectivity index (χ2n) is 6.26. The summed E-state index contributed by atoms with van der Waals surface area (Å²) >= 11 is 0. The van der Waals surface area contributed by atoms with Crippen molar-refractivity contribution in [3.05, 3.63) is 65.0 Å². The van der Waals surface area contributed by atoms with Gasteiger partial charge in [-0.15, -0.1) is 0 Å². The van der Waals surface area contributed by atoms with Crippen LogP contribution in [-0.4, -0.2) is 24.4 Å². The van der Waals surface area contributed by atoms with Gasteiger partial charge in [0.1, 0.15) is 5.82 Å². The number of hydrogen-bond acceptors (Lipinski definition) is 2. The van der Waals surface area contributed by atoms with Gasteiger partial charge in [-0.1, -0.05) is 6.07 Å². The molecule has 2 amide bonds. The molecule has 1 fully saturated rings. The summed E-state index contributed by atoms with van der Waals surface area (Å²) < 4.78 is 13.0. The lowest BCUT2D eigenvalue weighted by molar-refractivity contribution is 0.0948. The number of anilines is 1. The standard InChI is InChI=1S/C19H17FN2O2/c20-13-6-4-12(5-7-13)19(24)22-11-10-15-16(2-1-3-17(15)22)18(23)21-14-8-9-14/h1-7,14H,8-11H2,(H,21,23). The molecule has 1 N–H and O–H groups in total. The Balaban J connectivity index is 1.62. The number of halogens is 1. The third-order valence-electron chi connectivity index (χ3n) is 4.52. The molecule has 5 heteroatoms. The third kappa shape index (κ3) is 2.66. The quantitative estimate of drug-likeness (QED) is 0.944. The summed E-state index contributed by atoms with van der Waals surface area (Å²) in [5, 5.41) is 3.00. The Kier molecular flexibility index (Phi) is 3.56. The maximum absolute atomic E-state index is 13.0. The molecule has 1 aliphatic carbocycles. The van der Waals surface area contributed by atoms with E-state index in [1.807, 2.05) is 12.1 Å². The average molecular weight is 324 g/mol. The molecule has 4 rings (SSSR count). The van der Waals surface area contributed by atoms with E-state index in [2.05, 4.69) is 5.32 Å². The van der Waals surface area contributed by atoms with Gasteiger partial charge < -0.3 is 10.2 Å². The number of benzene rings is 2. The van der Waals surface area contributed by atoms with E-state index in [-0.39, 0.29) is 17.6 Å². The molecule has 122 valence electrons. The summed E-state index contributed by atoms with van der Waals surface area (Å²) in [6.45, 7) is 0.527. The third-order valence-corrected chi connectivity index (χ3v) is 4.52. The number of hydrogen-bond donors (Lipinski definition) is 1. The van der Waals surface area contributed by atoms with Crippen LogP contribution >= 0.6 is 0 Å². The SMILES string of the molecule is O=C(NC1CC1)c1cccc2c1CCN2C(=O)c1ccc(F)cc1. The molecule has 24 heavy (non-hydrogen) atoms. The first-order chi connectivity index (χ1) is 11.6. The first-order valence-corrected chi connectivity index (χ1v) is 8.13. The van der Waals surface area contributed by atoms with E-state index < -0.39 is 0 Å². The Hall–Kier alpha value is -2.69. The highest BCUT2D eigenvalue weighted by molar-refractivity contribution is 6.08. The minimum Gasteiger partial charge on any atom is -0.349 e. The fourth-order valence-corrected chi connectivity index (χ4v) is 3.10. The summed E-state index contributed by atoms with van der Waals surface area (Å²) in [6.07, 6.45) is 2.72. The number of carbonyl (C=O) groups excluding carboxylic acids is 2. The van der Waals surface area contributed by atoms with E-state index in [1.165, 1.54) is 24.3 Å². The van der Waals surface area contributed by atoms with Crippen LogP contribution in [0.4, 0.5) is 10.1 Å². The summed E-state index contributed by atoms with van der Waals surface area (Å²) in [7, 11) is 0. The molecule has 0 spiro atoms. The van der Waals surface area contributed by atoms with E-state index in [1.54, 1.807) is 11.0 Å². The zero-order valence-corrected chi connectivity index (χ0v) is 13.1. The van der Waals surface area contributed by atoms with Crippen molar-refractivity contribution in [2.24, 2.45) is 0 Å². The van der Waals surface area contributed by atoms with Crippen molar-refractivity contribution in [3.8, 4) is 0 Å². The monoisotopic (exact) mass is 324 g/mol. The smallest absolute Gasteiger partial charge is 0.258 e. The Morgan fingerprint density at radius 2 is 1.83 bits per heavy atom. The lowest BCUT2D eigenvalue weighted by Crippen LogP contribution is -2.29. The molecular weight excluding hydrogens is 307 g/mol. The van der Waals surface area contributed by atoms with Gasteiger partial charge in [-0.05, 0) is 61.2 Å². The minimum atomic E-state index is -0.368. The number of amides is 2. The predicted molar refractivity (Wildman–Crippen MR) is 88.7 cm³/mol. The predicted octanol–water partition coefficient (Wildman–Crippen LogP) is 2.92. The maximum atomic E-state index is 13.0. The van der Waals surface area contributed by atoms with Crippen LogP contribution in [0.2, 0.25) is 0 Å². The largest absolute Gasteiger partial charge is 0.349 e. The first kappa shape index (κ1) is 14.9. The number of nitrogens with one attached hydrogen (secondary N) is 1. The number of rotatable bonds is 3. The number of carbonyl (C=O) groups is 2. The molecule has 4 nitrogen and oxygen atoms in total. The first-order valence-electron chi connectivity index (χ1n) is 8.13. The topological polar surface area (TPSA) is 49.4 Å². The second-order valence-corrected chi connectivity index (χ2v) is 6.26. The van der Waals surface area contributed by atoms with Crippen molar-refractivity contribution in [2.75, 3.05) is 11.4 Å². The zero-order valence-electron chi connectivity index (χ0n) is 13.1. The maximum Gasteiger partial charge on any atom is 0.258 e. The summed E-state index contributed by atoms with van der Waals surface area (Å²) in [5.74, 6) is -0.605. The summed E-state index contributed by atoms with van der Waals surface area (Å²) in [5.41, 5.74) is 2.77. The Morgan fingerprint density at radius 1 is 1.08 bits per heavy atom. The lowest BCUT2D eigenvalue weighted by Gasteiger charge is -2.18. The molecule has 0 bridgehead atoms. The van der Waals surface area contributed by atoms with Crippen LogP contribution in [0.25, 0.3) is 0 Å². The molecule has 0 atom stereocenters. The van der Waals surface area contributed by atoms with E-state index in [9.17, 15) is 14.0 Å².